The Labute approximate surface area is 154 Å². The van der Waals surface area contributed by atoms with E-state index in [4.69, 9.17) is 14.2 Å². The second-order valence-corrected chi connectivity index (χ2v) is 8.35. The molecule has 1 spiro atoms. The first kappa shape index (κ1) is 16.2. The van der Waals surface area contributed by atoms with Crippen LogP contribution in [0.15, 0.2) is 24.8 Å². The summed E-state index contributed by atoms with van der Waals surface area (Å²) in [6.45, 7) is 4.03. The van der Waals surface area contributed by atoms with Crippen LogP contribution in [-0.2, 0) is 16.0 Å². The molecule has 4 heteroatoms. The third-order valence-electron chi connectivity index (χ3n) is 7.62. The van der Waals surface area contributed by atoms with Crippen LogP contribution in [0, 0.1) is 23.7 Å². The van der Waals surface area contributed by atoms with Crippen molar-refractivity contribution in [1.82, 2.24) is 0 Å². The number of hydrogen-bond acceptors (Lipinski definition) is 4. The van der Waals surface area contributed by atoms with Gasteiger partial charge in [-0.25, -0.2) is 0 Å². The fraction of sp³-hybridized carbons (Fsp3) is 0.591. The van der Waals surface area contributed by atoms with Crippen molar-refractivity contribution < 1.29 is 19.0 Å². The van der Waals surface area contributed by atoms with Crippen LogP contribution >= 0.6 is 0 Å². The highest BCUT2D eigenvalue weighted by molar-refractivity contribution is 5.78. The van der Waals surface area contributed by atoms with Gasteiger partial charge in [0.05, 0.1) is 20.1 Å². The standard InChI is InChI=1S/C22H26O4/c1-4-13-6-8-17-14-7-5-12-9-18(24-2)19(25-3)10-15(12)20(14)16-11-22(13,17)26-21(16)23/h4,9-10,13-14,16-17,20H,1,5-8,11H2,2-3H3/t13-,14-,16+,17-,20-,22-/m0/s1. The van der Waals surface area contributed by atoms with E-state index in [2.05, 4.69) is 18.7 Å². The third-order valence-corrected chi connectivity index (χ3v) is 7.62. The molecule has 2 bridgehead atoms. The van der Waals surface area contributed by atoms with Gasteiger partial charge in [0.25, 0.3) is 0 Å². The summed E-state index contributed by atoms with van der Waals surface area (Å²) >= 11 is 0. The van der Waals surface area contributed by atoms with Crippen molar-refractivity contribution in [3.63, 3.8) is 0 Å². The van der Waals surface area contributed by atoms with Gasteiger partial charge >= 0.3 is 5.97 Å². The summed E-state index contributed by atoms with van der Waals surface area (Å²) in [6, 6.07) is 4.22. The van der Waals surface area contributed by atoms with Crippen molar-refractivity contribution in [2.45, 2.75) is 43.6 Å². The van der Waals surface area contributed by atoms with E-state index >= 15 is 0 Å². The van der Waals surface area contributed by atoms with Crippen molar-refractivity contribution in [3.8, 4) is 11.5 Å². The average molecular weight is 354 g/mol. The molecule has 1 heterocycles. The minimum absolute atomic E-state index is 0.00103. The molecule has 0 unspecified atom stereocenters. The first-order valence-electron chi connectivity index (χ1n) is 9.73. The van der Waals surface area contributed by atoms with Crippen LogP contribution in [0.4, 0.5) is 0 Å². The summed E-state index contributed by atoms with van der Waals surface area (Å²) in [6.07, 6.45) is 7.26. The molecule has 0 amide bonds. The third kappa shape index (κ3) is 1.88. The molecule has 6 atom stereocenters. The van der Waals surface area contributed by atoms with Crippen LogP contribution in [0.25, 0.3) is 0 Å². The van der Waals surface area contributed by atoms with E-state index in [1.807, 2.05) is 6.08 Å². The molecule has 26 heavy (non-hydrogen) atoms. The number of methoxy groups -OCH3 is 2. The Morgan fingerprint density at radius 2 is 1.96 bits per heavy atom. The monoisotopic (exact) mass is 354 g/mol. The summed E-state index contributed by atoms with van der Waals surface area (Å²) in [7, 11) is 3.35. The number of esters is 1. The normalized spacial score (nSPS) is 39.5. The molecule has 4 nitrogen and oxygen atoms in total. The maximum Gasteiger partial charge on any atom is 0.310 e. The Hall–Kier alpha value is -1.97. The highest BCUT2D eigenvalue weighted by Crippen LogP contribution is 2.65. The van der Waals surface area contributed by atoms with Gasteiger partial charge in [-0.2, -0.15) is 0 Å². The molecule has 0 N–H and O–H groups in total. The molecular formula is C22H26O4. The lowest BCUT2D eigenvalue weighted by atomic mass is 9.55. The molecule has 3 fully saturated rings. The number of carbonyl (C=O) groups excluding carboxylic acids is 1. The van der Waals surface area contributed by atoms with Crippen molar-refractivity contribution in [2.75, 3.05) is 14.2 Å². The van der Waals surface area contributed by atoms with Crippen molar-refractivity contribution in [3.05, 3.63) is 35.9 Å². The number of aryl methyl sites for hydroxylation is 1. The van der Waals surface area contributed by atoms with Gasteiger partial charge in [0, 0.05) is 24.2 Å². The number of hydrogen-bond donors (Lipinski definition) is 0. The van der Waals surface area contributed by atoms with Gasteiger partial charge in [-0.1, -0.05) is 6.08 Å². The minimum atomic E-state index is -0.279. The zero-order valence-electron chi connectivity index (χ0n) is 15.5. The van der Waals surface area contributed by atoms with Gasteiger partial charge in [0.2, 0.25) is 0 Å². The molecule has 138 valence electrons. The Morgan fingerprint density at radius 3 is 2.69 bits per heavy atom. The molecule has 4 aliphatic rings. The Morgan fingerprint density at radius 1 is 1.19 bits per heavy atom. The SMILES string of the molecule is C=C[C@H]1CC[C@H]2[C@@H]3CCc4cc(OC)c(OC)cc4[C@H]3[C@H]3C[C@]12OC3=O. The van der Waals surface area contributed by atoms with E-state index in [1.165, 1.54) is 11.1 Å². The first-order valence-corrected chi connectivity index (χ1v) is 9.73. The molecule has 2 saturated carbocycles. The molecule has 1 aliphatic heterocycles. The van der Waals surface area contributed by atoms with E-state index in [1.54, 1.807) is 14.2 Å². The maximum absolute atomic E-state index is 12.9. The smallest absolute Gasteiger partial charge is 0.310 e. The van der Waals surface area contributed by atoms with Crippen LogP contribution in [0.5, 0.6) is 11.5 Å². The zero-order chi connectivity index (χ0) is 18.1. The van der Waals surface area contributed by atoms with Gasteiger partial charge in [-0.3, -0.25) is 4.79 Å². The molecule has 1 aromatic rings. The van der Waals surface area contributed by atoms with Crippen molar-refractivity contribution in [2.24, 2.45) is 23.7 Å². The maximum atomic E-state index is 12.9. The summed E-state index contributed by atoms with van der Waals surface area (Å²) in [5.41, 5.74) is 2.30. The van der Waals surface area contributed by atoms with E-state index in [-0.39, 0.29) is 23.4 Å². The summed E-state index contributed by atoms with van der Waals surface area (Å²) < 4.78 is 17.2. The van der Waals surface area contributed by atoms with E-state index in [0.29, 0.717) is 17.8 Å². The van der Waals surface area contributed by atoms with Crippen molar-refractivity contribution >= 4 is 5.97 Å². The van der Waals surface area contributed by atoms with Gasteiger partial charge in [0.1, 0.15) is 5.60 Å². The number of rotatable bonds is 3. The lowest BCUT2D eigenvalue weighted by molar-refractivity contribution is -0.154. The first-order chi connectivity index (χ1) is 12.6. The zero-order valence-corrected chi connectivity index (χ0v) is 15.5. The molecule has 0 aromatic heterocycles. The molecule has 0 radical (unpaired) electrons. The lowest BCUT2D eigenvalue weighted by Gasteiger charge is -2.47. The average Bonchev–Trinajstić information content (AvgIpc) is 3.17. The summed E-state index contributed by atoms with van der Waals surface area (Å²) in [4.78, 5) is 12.9. The second-order valence-electron chi connectivity index (χ2n) is 8.35. The fourth-order valence-corrected chi connectivity index (χ4v) is 6.64. The van der Waals surface area contributed by atoms with Crippen LogP contribution in [-0.4, -0.2) is 25.8 Å². The predicted octanol–water partition coefficient (Wildman–Crippen LogP) is 3.88. The fourth-order valence-electron chi connectivity index (χ4n) is 6.64. The topological polar surface area (TPSA) is 44.8 Å². The number of ether oxygens (including phenoxy) is 3. The largest absolute Gasteiger partial charge is 0.493 e. The number of benzene rings is 1. The second kappa shape index (κ2) is 5.51. The van der Waals surface area contributed by atoms with Crippen LogP contribution in [0.3, 0.4) is 0 Å². The highest BCUT2D eigenvalue weighted by Gasteiger charge is 2.67. The van der Waals surface area contributed by atoms with E-state index in [0.717, 1.165) is 43.6 Å². The van der Waals surface area contributed by atoms with E-state index < -0.39 is 0 Å². The van der Waals surface area contributed by atoms with Gasteiger partial charge in [-0.15, -0.1) is 6.58 Å². The Kier molecular flexibility index (Phi) is 3.44. The highest BCUT2D eigenvalue weighted by atomic mass is 16.6. The van der Waals surface area contributed by atoms with E-state index in [9.17, 15) is 4.79 Å². The Bertz CT molecular complexity index is 785. The van der Waals surface area contributed by atoms with Gasteiger partial charge in [0.15, 0.2) is 11.5 Å². The Balaban J connectivity index is 1.63. The van der Waals surface area contributed by atoms with Crippen LogP contribution < -0.4 is 9.47 Å². The molecule has 1 saturated heterocycles. The molecule has 1 aromatic carbocycles. The molecule has 5 rings (SSSR count). The van der Waals surface area contributed by atoms with Crippen LogP contribution in [0.2, 0.25) is 0 Å². The summed E-state index contributed by atoms with van der Waals surface area (Å²) in [5, 5.41) is 0. The van der Waals surface area contributed by atoms with Crippen LogP contribution in [0.1, 0.15) is 42.7 Å². The molecular weight excluding hydrogens is 328 g/mol. The predicted molar refractivity (Wildman–Crippen MR) is 97.4 cm³/mol. The quantitative estimate of drug-likeness (QED) is 0.610. The minimum Gasteiger partial charge on any atom is -0.493 e. The number of fused-ring (bicyclic) bond motifs is 6. The molecule has 3 aliphatic carbocycles. The lowest BCUT2D eigenvalue weighted by Crippen LogP contribution is -2.48. The number of carbonyl (C=O) groups is 1. The van der Waals surface area contributed by atoms with Gasteiger partial charge < -0.3 is 14.2 Å². The van der Waals surface area contributed by atoms with Crippen molar-refractivity contribution in [1.29, 1.82) is 0 Å². The van der Waals surface area contributed by atoms with Gasteiger partial charge in [-0.05, 0) is 54.9 Å². The summed E-state index contributed by atoms with van der Waals surface area (Å²) in [5.74, 6) is 3.02.